The summed E-state index contributed by atoms with van der Waals surface area (Å²) in [5.41, 5.74) is 3.83. The Kier molecular flexibility index (Phi) is 7.10. The van der Waals surface area contributed by atoms with Crippen LogP contribution in [0, 0.1) is 0 Å². The number of carbonyl (C=O) groups excluding carboxylic acids is 1. The van der Waals surface area contributed by atoms with Crippen LogP contribution >= 0.6 is 23.1 Å². The van der Waals surface area contributed by atoms with E-state index in [1.54, 1.807) is 30.7 Å². The molecule has 7 nitrogen and oxygen atoms in total. The Labute approximate surface area is 201 Å². The van der Waals surface area contributed by atoms with Gasteiger partial charge in [-0.3, -0.25) is 9.69 Å². The van der Waals surface area contributed by atoms with Crippen molar-refractivity contribution in [3.8, 4) is 17.1 Å². The zero-order valence-corrected chi connectivity index (χ0v) is 20.6. The standard InChI is InChI=1S/C24H25N5O2S2/c1-5-17-10-12-19(13-11-17)29(16(2)30)23-25-18(14-32-23)15-33-24-27-26-22(28(24)3)20-8-6-7-9-21(20)31-4/h6-14H,5,15H2,1-4H3. The van der Waals surface area contributed by atoms with Crippen molar-refractivity contribution in [3.05, 3.63) is 65.2 Å². The van der Waals surface area contributed by atoms with Crippen molar-refractivity contribution >= 4 is 39.8 Å². The lowest BCUT2D eigenvalue weighted by molar-refractivity contribution is -0.115. The van der Waals surface area contributed by atoms with E-state index >= 15 is 0 Å². The van der Waals surface area contributed by atoms with Gasteiger partial charge in [-0.1, -0.05) is 43.0 Å². The van der Waals surface area contributed by atoms with Crippen LogP contribution in [0.5, 0.6) is 5.75 Å². The molecule has 0 aliphatic rings. The van der Waals surface area contributed by atoms with Gasteiger partial charge in [0.25, 0.3) is 0 Å². The van der Waals surface area contributed by atoms with Crippen LogP contribution in [-0.2, 0) is 24.0 Å². The molecule has 33 heavy (non-hydrogen) atoms. The van der Waals surface area contributed by atoms with Crippen molar-refractivity contribution < 1.29 is 9.53 Å². The van der Waals surface area contributed by atoms with Crippen LogP contribution in [0.2, 0.25) is 0 Å². The summed E-state index contributed by atoms with van der Waals surface area (Å²) in [5, 5.41) is 12.1. The number of methoxy groups -OCH3 is 1. The minimum absolute atomic E-state index is 0.0671. The fourth-order valence-electron chi connectivity index (χ4n) is 3.42. The summed E-state index contributed by atoms with van der Waals surface area (Å²) in [6.45, 7) is 3.67. The summed E-state index contributed by atoms with van der Waals surface area (Å²) in [6.07, 6.45) is 0.958. The van der Waals surface area contributed by atoms with Gasteiger partial charge in [0.2, 0.25) is 5.91 Å². The van der Waals surface area contributed by atoms with E-state index in [4.69, 9.17) is 9.72 Å². The van der Waals surface area contributed by atoms with Crippen LogP contribution in [0.25, 0.3) is 11.4 Å². The molecular weight excluding hydrogens is 454 g/mol. The molecule has 0 aliphatic heterocycles. The largest absolute Gasteiger partial charge is 0.496 e. The van der Waals surface area contributed by atoms with Gasteiger partial charge in [-0.15, -0.1) is 21.5 Å². The molecule has 4 rings (SSSR count). The lowest BCUT2D eigenvalue weighted by Gasteiger charge is -2.18. The number of thiazole rings is 1. The van der Waals surface area contributed by atoms with E-state index in [1.165, 1.54) is 16.9 Å². The molecule has 0 saturated carbocycles. The molecule has 2 aromatic heterocycles. The molecule has 2 aromatic carbocycles. The Morgan fingerprint density at radius 3 is 2.61 bits per heavy atom. The molecule has 0 saturated heterocycles. The number of hydrogen-bond donors (Lipinski definition) is 0. The Morgan fingerprint density at radius 1 is 1.15 bits per heavy atom. The van der Waals surface area contributed by atoms with E-state index in [0.717, 1.165) is 40.1 Å². The fourth-order valence-corrected chi connectivity index (χ4v) is 5.21. The minimum atomic E-state index is -0.0671. The normalized spacial score (nSPS) is 10.9. The smallest absolute Gasteiger partial charge is 0.230 e. The number of benzene rings is 2. The van der Waals surface area contributed by atoms with Crippen molar-refractivity contribution in [1.82, 2.24) is 19.7 Å². The zero-order valence-electron chi connectivity index (χ0n) is 19.0. The average Bonchev–Trinajstić information content (AvgIpc) is 3.44. The molecule has 170 valence electrons. The highest BCUT2D eigenvalue weighted by Gasteiger charge is 2.19. The number of aromatic nitrogens is 4. The van der Waals surface area contributed by atoms with E-state index in [1.807, 2.05) is 65.5 Å². The number of thioether (sulfide) groups is 1. The number of carbonyl (C=O) groups is 1. The monoisotopic (exact) mass is 479 g/mol. The number of rotatable bonds is 8. The Bertz CT molecular complexity index is 1250. The molecule has 0 radical (unpaired) electrons. The highest BCUT2D eigenvalue weighted by atomic mass is 32.2. The number of ether oxygens (including phenoxy) is 1. The quantitative estimate of drug-likeness (QED) is 0.311. The van der Waals surface area contributed by atoms with Crippen LogP contribution < -0.4 is 9.64 Å². The van der Waals surface area contributed by atoms with Crippen molar-refractivity contribution in [1.29, 1.82) is 0 Å². The molecule has 0 unspecified atom stereocenters. The van der Waals surface area contributed by atoms with Crippen LogP contribution in [-0.4, -0.2) is 32.8 Å². The van der Waals surface area contributed by atoms with Gasteiger partial charge in [0.15, 0.2) is 16.1 Å². The summed E-state index contributed by atoms with van der Waals surface area (Å²) in [6, 6.07) is 15.8. The second-order valence-corrected chi connectivity index (χ2v) is 9.13. The summed E-state index contributed by atoms with van der Waals surface area (Å²) in [5.74, 6) is 2.05. The summed E-state index contributed by atoms with van der Waals surface area (Å²) in [4.78, 5) is 18.7. The first-order chi connectivity index (χ1) is 16.0. The van der Waals surface area contributed by atoms with Gasteiger partial charge in [0, 0.05) is 25.1 Å². The number of anilines is 2. The molecule has 0 bridgehead atoms. The average molecular weight is 480 g/mol. The third-order valence-electron chi connectivity index (χ3n) is 5.18. The number of amides is 1. The maximum Gasteiger partial charge on any atom is 0.230 e. The molecular formula is C24H25N5O2S2. The minimum Gasteiger partial charge on any atom is -0.496 e. The summed E-state index contributed by atoms with van der Waals surface area (Å²) in [7, 11) is 3.58. The van der Waals surface area contributed by atoms with Crippen LogP contribution in [0.1, 0.15) is 25.1 Å². The summed E-state index contributed by atoms with van der Waals surface area (Å²) >= 11 is 3.01. The fraction of sp³-hybridized carbons (Fsp3) is 0.250. The molecule has 0 fully saturated rings. The number of nitrogens with zero attached hydrogens (tertiary/aromatic N) is 5. The van der Waals surface area contributed by atoms with Crippen LogP contribution in [0.4, 0.5) is 10.8 Å². The first-order valence-corrected chi connectivity index (χ1v) is 12.4. The van der Waals surface area contributed by atoms with Gasteiger partial charge >= 0.3 is 0 Å². The predicted octanol–water partition coefficient (Wildman–Crippen LogP) is 5.49. The van der Waals surface area contributed by atoms with Gasteiger partial charge in [0.05, 0.1) is 24.1 Å². The Morgan fingerprint density at radius 2 is 1.91 bits per heavy atom. The lowest BCUT2D eigenvalue weighted by Crippen LogP contribution is -2.22. The second-order valence-electron chi connectivity index (χ2n) is 7.35. The maximum absolute atomic E-state index is 12.4. The van der Waals surface area contributed by atoms with E-state index in [-0.39, 0.29) is 5.91 Å². The molecule has 0 atom stereocenters. The number of para-hydroxylation sites is 1. The molecule has 2 heterocycles. The zero-order chi connectivity index (χ0) is 23.4. The van der Waals surface area contributed by atoms with Gasteiger partial charge in [0.1, 0.15) is 5.75 Å². The van der Waals surface area contributed by atoms with Crippen molar-refractivity contribution in [2.45, 2.75) is 31.2 Å². The third kappa shape index (κ3) is 4.94. The molecule has 0 aliphatic carbocycles. The Hall–Kier alpha value is -3.17. The third-order valence-corrected chi connectivity index (χ3v) is 7.11. The van der Waals surface area contributed by atoms with Gasteiger partial charge in [-0.2, -0.15) is 0 Å². The molecule has 0 N–H and O–H groups in total. The van der Waals surface area contributed by atoms with E-state index in [2.05, 4.69) is 17.1 Å². The summed E-state index contributed by atoms with van der Waals surface area (Å²) < 4.78 is 7.41. The molecule has 9 heteroatoms. The van der Waals surface area contributed by atoms with Crippen LogP contribution in [0.3, 0.4) is 0 Å². The van der Waals surface area contributed by atoms with Gasteiger partial charge < -0.3 is 9.30 Å². The SMILES string of the molecule is CCc1ccc(N(C(C)=O)c2nc(CSc3nnc(-c4ccccc4OC)n3C)cs2)cc1. The van der Waals surface area contributed by atoms with Crippen LogP contribution in [0.15, 0.2) is 59.1 Å². The second kappa shape index (κ2) is 10.2. The highest BCUT2D eigenvalue weighted by molar-refractivity contribution is 7.98. The predicted molar refractivity (Wildman–Crippen MR) is 133 cm³/mol. The van der Waals surface area contributed by atoms with E-state index in [9.17, 15) is 4.79 Å². The topological polar surface area (TPSA) is 73.1 Å². The van der Waals surface area contributed by atoms with E-state index in [0.29, 0.717) is 10.9 Å². The Balaban J connectivity index is 1.50. The van der Waals surface area contributed by atoms with E-state index < -0.39 is 0 Å². The maximum atomic E-state index is 12.4. The first-order valence-electron chi connectivity index (χ1n) is 10.5. The lowest BCUT2D eigenvalue weighted by atomic mass is 10.1. The van der Waals surface area contributed by atoms with Crippen molar-refractivity contribution in [2.75, 3.05) is 12.0 Å². The highest BCUT2D eigenvalue weighted by Crippen LogP contribution is 2.33. The van der Waals surface area contributed by atoms with Gasteiger partial charge in [-0.25, -0.2) is 4.98 Å². The molecule has 1 amide bonds. The van der Waals surface area contributed by atoms with Gasteiger partial charge in [-0.05, 0) is 36.2 Å². The number of hydrogen-bond acceptors (Lipinski definition) is 7. The first kappa shape index (κ1) is 23.0. The molecule has 4 aromatic rings. The van der Waals surface area contributed by atoms with Crippen molar-refractivity contribution in [3.63, 3.8) is 0 Å². The van der Waals surface area contributed by atoms with Crippen molar-refractivity contribution in [2.24, 2.45) is 7.05 Å². The molecule has 0 spiro atoms. The number of aryl methyl sites for hydroxylation is 1.